The fourth-order valence-corrected chi connectivity index (χ4v) is 3.57. The summed E-state index contributed by atoms with van der Waals surface area (Å²) in [7, 11) is 0. The number of likely N-dealkylation sites (tertiary alicyclic amines) is 1. The van der Waals surface area contributed by atoms with Gasteiger partial charge >= 0.3 is 0 Å². The number of carbonyl (C=O) groups excluding carboxylic acids is 3. The van der Waals surface area contributed by atoms with Crippen LogP contribution in [0.1, 0.15) is 56.8 Å². The van der Waals surface area contributed by atoms with Gasteiger partial charge in [-0.3, -0.25) is 14.4 Å². The molecule has 1 aromatic rings. The second-order valence-electron chi connectivity index (χ2n) is 8.07. The van der Waals surface area contributed by atoms with E-state index in [0.29, 0.717) is 44.5 Å². The summed E-state index contributed by atoms with van der Waals surface area (Å²) >= 11 is 0. The molecular formula is C22H32FN3O3. The Bertz CT molecular complexity index is 698. The van der Waals surface area contributed by atoms with E-state index in [1.54, 1.807) is 4.90 Å². The molecule has 0 spiro atoms. The van der Waals surface area contributed by atoms with Crippen molar-refractivity contribution < 1.29 is 18.8 Å². The van der Waals surface area contributed by atoms with E-state index in [2.05, 4.69) is 10.6 Å². The molecule has 0 aliphatic carbocycles. The summed E-state index contributed by atoms with van der Waals surface area (Å²) in [5, 5.41) is 5.80. The summed E-state index contributed by atoms with van der Waals surface area (Å²) < 4.78 is 13.1. The maximum Gasteiger partial charge on any atom is 0.253 e. The normalized spacial score (nSPS) is 15.8. The van der Waals surface area contributed by atoms with Crippen LogP contribution in [0.3, 0.4) is 0 Å². The second-order valence-corrected chi connectivity index (χ2v) is 8.07. The van der Waals surface area contributed by atoms with Gasteiger partial charge in [-0.05, 0) is 55.4 Å². The van der Waals surface area contributed by atoms with Crippen LogP contribution >= 0.6 is 0 Å². The largest absolute Gasteiger partial charge is 0.354 e. The number of piperidine rings is 1. The van der Waals surface area contributed by atoms with Crippen LogP contribution in [-0.4, -0.2) is 48.3 Å². The van der Waals surface area contributed by atoms with Crippen LogP contribution in [0, 0.1) is 17.7 Å². The molecule has 6 nitrogen and oxygen atoms in total. The summed E-state index contributed by atoms with van der Waals surface area (Å²) in [5.41, 5.74) is 0.451. The van der Waals surface area contributed by atoms with Gasteiger partial charge < -0.3 is 15.5 Å². The molecule has 160 valence electrons. The molecule has 2 rings (SSSR count). The fourth-order valence-electron chi connectivity index (χ4n) is 3.57. The van der Waals surface area contributed by atoms with Crippen molar-refractivity contribution in [3.8, 4) is 0 Å². The molecule has 0 radical (unpaired) electrons. The molecule has 1 aliphatic rings. The number of nitrogens with zero attached hydrogens (tertiary/aromatic N) is 1. The number of rotatable bonds is 8. The molecule has 0 saturated carbocycles. The lowest BCUT2D eigenvalue weighted by Crippen LogP contribution is -2.54. The highest BCUT2D eigenvalue weighted by molar-refractivity contribution is 5.94. The Kier molecular flexibility index (Phi) is 8.61. The lowest BCUT2D eigenvalue weighted by Gasteiger charge is -2.36. The molecule has 2 N–H and O–H groups in total. The third-order valence-electron chi connectivity index (χ3n) is 5.13. The Hall–Kier alpha value is -2.44. The van der Waals surface area contributed by atoms with E-state index in [4.69, 9.17) is 0 Å². The number of carbonyl (C=O) groups is 3. The Labute approximate surface area is 172 Å². The average molecular weight is 406 g/mol. The number of nitrogens with one attached hydrogen (secondary N) is 2. The van der Waals surface area contributed by atoms with Gasteiger partial charge in [0.05, 0.1) is 0 Å². The summed E-state index contributed by atoms with van der Waals surface area (Å²) in [4.78, 5) is 39.3. The summed E-state index contributed by atoms with van der Waals surface area (Å²) in [6, 6.07) is 4.93. The average Bonchev–Trinajstić information content (AvgIpc) is 2.70. The van der Waals surface area contributed by atoms with Gasteiger partial charge in [-0.2, -0.15) is 0 Å². The topological polar surface area (TPSA) is 78.5 Å². The van der Waals surface area contributed by atoms with Crippen LogP contribution in [0.4, 0.5) is 4.39 Å². The van der Waals surface area contributed by atoms with Crippen molar-refractivity contribution in [2.24, 2.45) is 11.8 Å². The number of hydrogen-bond acceptors (Lipinski definition) is 3. The first-order valence-corrected chi connectivity index (χ1v) is 10.4. The molecule has 0 bridgehead atoms. The fraction of sp³-hybridized carbons (Fsp3) is 0.591. The van der Waals surface area contributed by atoms with E-state index in [9.17, 15) is 18.8 Å². The summed E-state index contributed by atoms with van der Waals surface area (Å²) in [6.45, 7) is 7.47. The maximum atomic E-state index is 13.1. The first-order valence-electron chi connectivity index (χ1n) is 10.4. The van der Waals surface area contributed by atoms with Crippen molar-refractivity contribution in [3.63, 3.8) is 0 Å². The zero-order valence-corrected chi connectivity index (χ0v) is 17.5. The van der Waals surface area contributed by atoms with Crippen molar-refractivity contribution in [1.29, 1.82) is 0 Å². The van der Waals surface area contributed by atoms with Crippen molar-refractivity contribution in [1.82, 2.24) is 15.5 Å². The SMILES string of the molecule is CCCNC(=O)[C@H](NC(=O)CC(C)C)C1CCN(C(=O)c2ccc(F)cc2)CC1. The van der Waals surface area contributed by atoms with E-state index in [0.717, 1.165) is 6.42 Å². The molecule has 0 aromatic heterocycles. The quantitative estimate of drug-likeness (QED) is 0.698. The van der Waals surface area contributed by atoms with E-state index >= 15 is 0 Å². The van der Waals surface area contributed by atoms with Gasteiger partial charge in [0.15, 0.2) is 0 Å². The van der Waals surface area contributed by atoms with E-state index in [-0.39, 0.29) is 35.4 Å². The maximum absolute atomic E-state index is 13.1. The Balaban J connectivity index is 2.00. The minimum atomic E-state index is -0.587. The minimum Gasteiger partial charge on any atom is -0.354 e. The molecule has 1 aliphatic heterocycles. The molecule has 7 heteroatoms. The first-order chi connectivity index (χ1) is 13.8. The third-order valence-corrected chi connectivity index (χ3v) is 5.13. The van der Waals surface area contributed by atoms with E-state index in [1.807, 2.05) is 20.8 Å². The second kappa shape index (κ2) is 10.9. The van der Waals surface area contributed by atoms with Crippen LogP contribution in [-0.2, 0) is 9.59 Å². The Morgan fingerprint density at radius 1 is 1.14 bits per heavy atom. The highest BCUT2D eigenvalue weighted by Gasteiger charge is 2.33. The van der Waals surface area contributed by atoms with Gasteiger partial charge in [0.1, 0.15) is 11.9 Å². The van der Waals surface area contributed by atoms with Crippen LogP contribution in [0.2, 0.25) is 0 Å². The van der Waals surface area contributed by atoms with Gasteiger partial charge in [-0.25, -0.2) is 4.39 Å². The number of amides is 3. The predicted octanol–water partition coefficient (Wildman–Crippen LogP) is 2.74. The molecule has 29 heavy (non-hydrogen) atoms. The van der Waals surface area contributed by atoms with Gasteiger partial charge in [0, 0.05) is 31.6 Å². The van der Waals surface area contributed by atoms with Crippen LogP contribution in [0.5, 0.6) is 0 Å². The third kappa shape index (κ3) is 6.84. The number of halogens is 1. The monoisotopic (exact) mass is 405 g/mol. The van der Waals surface area contributed by atoms with Crippen LogP contribution < -0.4 is 10.6 Å². The zero-order chi connectivity index (χ0) is 21.4. The van der Waals surface area contributed by atoms with Gasteiger partial charge in [-0.15, -0.1) is 0 Å². The highest BCUT2D eigenvalue weighted by Crippen LogP contribution is 2.23. The summed E-state index contributed by atoms with van der Waals surface area (Å²) in [6.07, 6.45) is 2.45. The van der Waals surface area contributed by atoms with Crippen LogP contribution in [0.25, 0.3) is 0 Å². The van der Waals surface area contributed by atoms with Gasteiger partial charge in [-0.1, -0.05) is 20.8 Å². The number of benzene rings is 1. The van der Waals surface area contributed by atoms with E-state index in [1.165, 1.54) is 24.3 Å². The van der Waals surface area contributed by atoms with Crippen LogP contribution in [0.15, 0.2) is 24.3 Å². The molecular weight excluding hydrogens is 373 g/mol. The standard InChI is InChI=1S/C22H32FN3O3/c1-4-11-24-21(28)20(25-19(27)14-15(2)3)16-9-12-26(13-10-16)22(29)17-5-7-18(23)8-6-17/h5-8,15-16,20H,4,9-14H2,1-3H3,(H,24,28)(H,25,27)/t20-/m1/s1. The molecule has 1 aromatic carbocycles. The molecule has 0 unspecified atom stereocenters. The smallest absolute Gasteiger partial charge is 0.253 e. The van der Waals surface area contributed by atoms with Crippen molar-refractivity contribution in [2.75, 3.05) is 19.6 Å². The Morgan fingerprint density at radius 3 is 2.31 bits per heavy atom. The summed E-state index contributed by atoms with van der Waals surface area (Å²) in [5.74, 6) is -0.615. The van der Waals surface area contributed by atoms with Gasteiger partial charge in [0.25, 0.3) is 5.91 Å². The van der Waals surface area contributed by atoms with Crippen molar-refractivity contribution >= 4 is 17.7 Å². The molecule has 1 fully saturated rings. The molecule has 3 amide bonds. The number of hydrogen-bond donors (Lipinski definition) is 2. The molecule has 1 saturated heterocycles. The minimum absolute atomic E-state index is 0.0276. The lowest BCUT2D eigenvalue weighted by molar-refractivity contribution is -0.131. The van der Waals surface area contributed by atoms with Crippen molar-refractivity contribution in [3.05, 3.63) is 35.6 Å². The Morgan fingerprint density at radius 2 is 1.76 bits per heavy atom. The molecule has 1 atom stereocenters. The molecule has 1 heterocycles. The predicted molar refractivity (Wildman–Crippen MR) is 110 cm³/mol. The highest BCUT2D eigenvalue weighted by atomic mass is 19.1. The van der Waals surface area contributed by atoms with E-state index < -0.39 is 6.04 Å². The first kappa shape index (κ1) is 22.8. The lowest BCUT2D eigenvalue weighted by atomic mass is 9.88. The zero-order valence-electron chi connectivity index (χ0n) is 17.5. The van der Waals surface area contributed by atoms with Crippen molar-refractivity contribution in [2.45, 2.75) is 52.5 Å². The van der Waals surface area contributed by atoms with Gasteiger partial charge in [0.2, 0.25) is 11.8 Å².